The van der Waals surface area contributed by atoms with Gasteiger partial charge in [-0.1, -0.05) is 30.3 Å². The summed E-state index contributed by atoms with van der Waals surface area (Å²) in [4.78, 5) is 11.4. The minimum Gasteiger partial charge on any atom is -0.402 e. The van der Waals surface area contributed by atoms with Crippen LogP contribution < -0.4 is 5.63 Å². The maximum Gasteiger partial charge on any atom is 0.337 e. The Bertz CT molecular complexity index is 785. The molecule has 96 valence electrons. The quantitative estimate of drug-likeness (QED) is 0.706. The number of aryl methyl sites for hydroxylation is 2. The molecule has 2 heterocycles. The summed E-state index contributed by atoms with van der Waals surface area (Å²) in [6.45, 7) is 4.57. The summed E-state index contributed by atoms with van der Waals surface area (Å²) in [6, 6.07) is 11.6. The minimum absolute atomic E-state index is 0.352. The van der Waals surface area contributed by atoms with E-state index in [0.29, 0.717) is 12.3 Å². The largest absolute Gasteiger partial charge is 0.402 e. The molecule has 19 heavy (non-hydrogen) atoms. The van der Waals surface area contributed by atoms with Crippen LogP contribution in [0.4, 0.5) is 0 Å². The smallest absolute Gasteiger partial charge is 0.337 e. The van der Waals surface area contributed by atoms with Crippen LogP contribution in [0, 0.1) is 13.8 Å². The number of benzene rings is 1. The van der Waals surface area contributed by atoms with Crippen molar-refractivity contribution in [3.63, 3.8) is 0 Å². The lowest BCUT2D eigenvalue weighted by Crippen LogP contribution is -2.03. The zero-order valence-corrected chi connectivity index (χ0v) is 10.9. The van der Waals surface area contributed by atoms with E-state index < -0.39 is 0 Å². The van der Waals surface area contributed by atoms with Crippen molar-refractivity contribution in [1.29, 1.82) is 0 Å². The molecule has 0 atom stereocenters. The molecule has 0 saturated heterocycles. The monoisotopic (exact) mass is 254 g/mol. The molecule has 3 aromatic rings. The zero-order chi connectivity index (χ0) is 13.4. The van der Waals surface area contributed by atoms with E-state index in [2.05, 4.69) is 17.2 Å². The Labute approximate surface area is 110 Å². The Hall–Kier alpha value is -2.36. The predicted octanol–water partition coefficient (Wildman–Crippen LogP) is 2.65. The van der Waals surface area contributed by atoms with Gasteiger partial charge in [0.2, 0.25) is 5.71 Å². The Morgan fingerprint density at radius 1 is 1.21 bits per heavy atom. The first-order chi connectivity index (χ1) is 9.15. The van der Waals surface area contributed by atoms with E-state index in [9.17, 15) is 4.79 Å². The Morgan fingerprint density at radius 2 is 1.95 bits per heavy atom. The minimum atomic E-state index is -0.352. The van der Waals surface area contributed by atoms with Gasteiger partial charge < -0.3 is 4.42 Å². The lowest BCUT2D eigenvalue weighted by Gasteiger charge is -2.03. The third-order valence-electron chi connectivity index (χ3n) is 3.28. The summed E-state index contributed by atoms with van der Waals surface area (Å²) in [6.07, 6.45) is 0. The van der Waals surface area contributed by atoms with Crippen LogP contribution in [0.5, 0.6) is 0 Å². The second-order valence-electron chi connectivity index (χ2n) is 4.66. The van der Waals surface area contributed by atoms with E-state index in [4.69, 9.17) is 4.42 Å². The van der Waals surface area contributed by atoms with Crippen molar-refractivity contribution in [2.24, 2.45) is 0 Å². The summed E-state index contributed by atoms with van der Waals surface area (Å²) >= 11 is 0. The molecule has 4 heteroatoms. The fourth-order valence-electron chi connectivity index (χ4n) is 2.33. The molecule has 4 nitrogen and oxygen atoms in total. The van der Waals surface area contributed by atoms with E-state index in [1.807, 2.05) is 36.7 Å². The maximum absolute atomic E-state index is 11.4. The highest BCUT2D eigenvalue weighted by Crippen LogP contribution is 2.20. The number of aromatic nitrogens is 2. The molecule has 0 aliphatic heterocycles. The number of rotatable bonds is 2. The van der Waals surface area contributed by atoms with Crippen LogP contribution in [-0.2, 0) is 6.54 Å². The predicted molar refractivity (Wildman–Crippen MR) is 73.3 cm³/mol. The Kier molecular flexibility index (Phi) is 2.71. The van der Waals surface area contributed by atoms with E-state index >= 15 is 0 Å². The van der Waals surface area contributed by atoms with Gasteiger partial charge in [-0.3, -0.25) is 4.68 Å². The van der Waals surface area contributed by atoms with Crippen LogP contribution in [0.1, 0.15) is 16.8 Å². The van der Waals surface area contributed by atoms with Crippen molar-refractivity contribution in [3.05, 3.63) is 63.6 Å². The summed E-state index contributed by atoms with van der Waals surface area (Å²) in [5.74, 6) is 0. The van der Waals surface area contributed by atoms with Gasteiger partial charge in [-0.25, -0.2) is 4.79 Å². The molecule has 0 saturated carbocycles. The molecule has 0 aliphatic carbocycles. The molecule has 0 fully saturated rings. The fraction of sp³-hybridized carbons (Fsp3) is 0.200. The van der Waals surface area contributed by atoms with E-state index in [1.54, 1.807) is 0 Å². The molecule has 0 aliphatic rings. The van der Waals surface area contributed by atoms with E-state index in [1.165, 1.54) is 11.6 Å². The number of fused-ring (bicyclic) bond motifs is 1. The first kappa shape index (κ1) is 11.7. The second-order valence-corrected chi connectivity index (χ2v) is 4.66. The molecule has 0 unspecified atom stereocenters. The van der Waals surface area contributed by atoms with Crippen LogP contribution in [-0.4, -0.2) is 9.78 Å². The number of hydrogen-bond donors (Lipinski definition) is 0. The number of nitrogens with zero attached hydrogens (tertiary/aromatic N) is 2. The van der Waals surface area contributed by atoms with Crippen molar-refractivity contribution in [3.8, 4) is 0 Å². The van der Waals surface area contributed by atoms with E-state index in [-0.39, 0.29) is 5.63 Å². The summed E-state index contributed by atoms with van der Waals surface area (Å²) < 4.78 is 7.03. The van der Waals surface area contributed by atoms with Crippen LogP contribution >= 0.6 is 0 Å². The average Bonchev–Trinajstić information content (AvgIpc) is 2.67. The van der Waals surface area contributed by atoms with Crippen molar-refractivity contribution in [1.82, 2.24) is 9.78 Å². The molecule has 0 N–H and O–H groups in total. The summed E-state index contributed by atoms with van der Waals surface area (Å²) in [5, 5.41) is 5.31. The van der Waals surface area contributed by atoms with Crippen molar-refractivity contribution in [2.45, 2.75) is 20.4 Å². The third-order valence-corrected chi connectivity index (χ3v) is 3.28. The van der Waals surface area contributed by atoms with Crippen LogP contribution in [0.15, 0.2) is 45.6 Å². The van der Waals surface area contributed by atoms with Gasteiger partial charge in [0.25, 0.3) is 0 Å². The van der Waals surface area contributed by atoms with E-state index in [0.717, 1.165) is 16.6 Å². The van der Waals surface area contributed by atoms with Crippen LogP contribution in [0.3, 0.4) is 0 Å². The van der Waals surface area contributed by atoms with Crippen molar-refractivity contribution >= 4 is 11.1 Å². The van der Waals surface area contributed by atoms with Crippen LogP contribution in [0.25, 0.3) is 11.1 Å². The zero-order valence-electron chi connectivity index (χ0n) is 10.9. The average molecular weight is 254 g/mol. The van der Waals surface area contributed by atoms with Gasteiger partial charge in [0.1, 0.15) is 0 Å². The van der Waals surface area contributed by atoms with Gasteiger partial charge in [0.05, 0.1) is 11.9 Å². The van der Waals surface area contributed by atoms with Crippen molar-refractivity contribution in [2.75, 3.05) is 0 Å². The molecule has 3 rings (SSSR count). The fourth-order valence-corrected chi connectivity index (χ4v) is 2.33. The van der Waals surface area contributed by atoms with Gasteiger partial charge in [-0.05, 0) is 25.0 Å². The second kappa shape index (κ2) is 4.39. The van der Waals surface area contributed by atoms with Crippen molar-refractivity contribution < 1.29 is 4.42 Å². The molecule has 0 bridgehead atoms. The highest BCUT2D eigenvalue weighted by Gasteiger charge is 2.12. The summed E-state index contributed by atoms with van der Waals surface area (Å²) in [7, 11) is 0. The third kappa shape index (κ3) is 2.05. The SMILES string of the molecule is Cc1cc(=O)oc2nn(Cc3ccccc3)c(C)c12. The molecular weight excluding hydrogens is 240 g/mol. The molecule has 0 spiro atoms. The standard InChI is InChI=1S/C15H14N2O2/c1-10-8-13(18)19-15-14(10)11(2)17(16-15)9-12-6-4-3-5-7-12/h3-8H,9H2,1-2H3. The first-order valence-electron chi connectivity index (χ1n) is 6.17. The molecular formula is C15H14N2O2. The van der Waals surface area contributed by atoms with Gasteiger partial charge in [0, 0.05) is 11.8 Å². The molecule has 0 radical (unpaired) electrons. The lowest BCUT2D eigenvalue weighted by molar-refractivity contribution is 0.535. The van der Waals surface area contributed by atoms with Gasteiger partial charge in [0.15, 0.2) is 0 Å². The maximum atomic E-state index is 11.4. The highest BCUT2D eigenvalue weighted by molar-refractivity contribution is 5.79. The normalized spacial score (nSPS) is 11.1. The topological polar surface area (TPSA) is 48.0 Å². The van der Waals surface area contributed by atoms with Gasteiger partial charge >= 0.3 is 5.63 Å². The molecule has 1 aromatic carbocycles. The summed E-state index contributed by atoms with van der Waals surface area (Å²) in [5.41, 5.74) is 3.15. The highest BCUT2D eigenvalue weighted by atomic mass is 16.4. The lowest BCUT2D eigenvalue weighted by atomic mass is 10.2. The molecule has 2 aromatic heterocycles. The molecule has 0 amide bonds. The van der Waals surface area contributed by atoms with Gasteiger partial charge in [-0.2, -0.15) is 0 Å². The van der Waals surface area contributed by atoms with Crippen LogP contribution in [0.2, 0.25) is 0 Å². The van der Waals surface area contributed by atoms with Gasteiger partial charge in [-0.15, -0.1) is 5.10 Å². The number of hydrogen-bond acceptors (Lipinski definition) is 3. The Morgan fingerprint density at radius 3 is 2.68 bits per heavy atom. The first-order valence-corrected chi connectivity index (χ1v) is 6.17. The Balaban J connectivity index is 2.13.